The molecular formula is C11H22N2O3. The van der Waals surface area contributed by atoms with E-state index < -0.39 is 0 Å². The second-order valence-electron chi connectivity index (χ2n) is 3.98. The lowest BCUT2D eigenvalue weighted by atomic mass is 10.5. The quantitative estimate of drug-likeness (QED) is 0.515. The van der Waals surface area contributed by atoms with Gasteiger partial charge in [-0.25, -0.2) is 0 Å². The van der Waals surface area contributed by atoms with E-state index >= 15 is 0 Å². The van der Waals surface area contributed by atoms with Gasteiger partial charge in [0.05, 0.1) is 13.2 Å². The number of carbonyl (C=O) groups excluding carboxylic acids is 1. The fourth-order valence-electron chi connectivity index (χ4n) is 1.26. The Labute approximate surface area is 96.9 Å². The molecule has 0 heterocycles. The van der Waals surface area contributed by atoms with E-state index in [0.717, 1.165) is 25.9 Å². The molecule has 0 spiro atoms. The molecule has 0 radical (unpaired) electrons. The molecule has 1 fully saturated rings. The monoisotopic (exact) mass is 230 g/mol. The number of hydrogen-bond acceptors (Lipinski definition) is 4. The zero-order valence-electron chi connectivity index (χ0n) is 9.96. The summed E-state index contributed by atoms with van der Waals surface area (Å²) in [6.45, 7) is 3.18. The maximum atomic E-state index is 11.2. The highest BCUT2D eigenvalue weighted by atomic mass is 16.5. The van der Waals surface area contributed by atoms with Crippen LogP contribution in [0.4, 0.5) is 0 Å². The van der Waals surface area contributed by atoms with Crippen LogP contribution >= 0.6 is 0 Å². The molecule has 0 unspecified atom stereocenters. The van der Waals surface area contributed by atoms with Crippen LogP contribution in [0.2, 0.25) is 0 Å². The summed E-state index contributed by atoms with van der Waals surface area (Å²) >= 11 is 0. The molecule has 5 nitrogen and oxygen atoms in total. The lowest BCUT2D eigenvalue weighted by Gasteiger charge is -2.06. The van der Waals surface area contributed by atoms with E-state index in [9.17, 15) is 4.79 Å². The number of ether oxygens (including phenoxy) is 2. The highest BCUT2D eigenvalue weighted by Gasteiger charge is 2.22. The average Bonchev–Trinajstić information content (AvgIpc) is 3.06. The normalized spacial score (nSPS) is 15.1. The highest BCUT2D eigenvalue weighted by molar-refractivity contribution is 5.78. The van der Waals surface area contributed by atoms with Crippen LogP contribution in [0, 0.1) is 0 Å². The lowest BCUT2D eigenvalue weighted by molar-refractivity contribution is -0.120. The summed E-state index contributed by atoms with van der Waals surface area (Å²) in [5.74, 6) is 0.0851. The molecule has 16 heavy (non-hydrogen) atoms. The first-order valence-electron chi connectivity index (χ1n) is 5.89. The zero-order chi connectivity index (χ0) is 11.6. The summed E-state index contributed by atoms with van der Waals surface area (Å²) in [4.78, 5) is 11.2. The largest absolute Gasteiger partial charge is 0.385 e. The fraction of sp³-hybridized carbons (Fsp3) is 0.909. The van der Waals surface area contributed by atoms with Gasteiger partial charge in [0.25, 0.3) is 0 Å². The van der Waals surface area contributed by atoms with Crippen LogP contribution in [-0.4, -0.2) is 52.0 Å². The van der Waals surface area contributed by atoms with Gasteiger partial charge < -0.3 is 20.1 Å². The summed E-state index contributed by atoms with van der Waals surface area (Å²) in [7, 11) is 1.68. The van der Waals surface area contributed by atoms with E-state index in [1.165, 1.54) is 0 Å². The van der Waals surface area contributed by atoms with Gasteiger partial charge in [-0.2, -0.15) is 0 Å². The average molecular weight is 230 g/mol. The van der Waals surface area contributed by atoms with Crippen LogP contribution in [-0.2, 0) is 14.3 Å². The van der Waals surface area contributed by atoms with Crippen molar-refractivity contribution in [3.63, 3.8) is 0 Å². The van der Waals surface area contributed by atoms with Gasteiger partial charge in [-0.3, -0.25) is 4.79 Å². The molecule has 0 aromatic heterocycles. The predicted molar refractivity (Wildman–Crippen MR) is 61.3 cm³/mol. The van der Waals surface area contributed by atoms with Gasteiger partial charge in [0.15, 0.2) is 0 Å². The Balaban J connectivity index is 1.75. The van der Waals surface area contributed by atoms with Crippen LogP contribution in [0.1, 0.15) is 19.3 Å². The van der Waals surface area contributed by atoms with Crippen LogP contribution in [0.5, 0.6) is 0 Å². The third kappa shape index (κ3) is 7.62. The topological polar surface area (TPSA) is 59.6 Å². The molecule has 1 saturated carbocycles. The Morgan fingerprint density at radius 3 is 2.81 bits per heavy atom. The third-order valence-corrected chi connectivity index (χ3v) is 2.29. The van der Waals surface area contributed by atoms with Crippen LogP contribution in [0.25, 0.3) is 0 Å². The van der Waals surface area contributed by atoms with Gasteiger partial charge >= 0.3 is 0 Å². The van der Waals surface area contributed by atoms with Crippen molar-refractivity contribution in [2.75, 3.05) is 40.0 Å². The summed E-state index contributed by atoms with van der Waals surface area (Å²) < 4.78 is 10.2. The van der Waals surface area contributed by atoms with Crippen molar-refractivity contribution in [1.29, 1.82) is 0 Å². The van der Waals surface area contributed by atoms with Gasteiger partial charge in [-0.15, -0.1) is 0 Å². The van der Waals surface area contributed by atoms with Gasteiger partial charge in [0.2, 0.25) is 5.91 Å². The van der Waals surface area contributed by atoms with Crippen molar-refractivity contribution in [1.82, 2.24) is 10.6 Å². The smallest absolute Gasteiger partial charge is 0.234 e. The lowest BCUT2D eigenvalue weighted by Crippen LogP contribution is -2.36. The van der Waals surface area contributed by atoms with Crippen molar-refractivity contribution in [2.24, 2.45) is 0 Å². The Morgan fingerprint density at radius 1 is 1.31 bits per heavy atom. The molecule has 94 valence electrons. The molecule has 0 aliphatic heterocycles. The van der Waals surface area contributed by atoms with Gasteiger partial charge in [0, 0.05) is 32.9 Å². The van der Waals surface area contributed by atoms with E-state index in [0.29, 0.717) is 32.3 Å². The second-order valence-corrected chi connectivity index (χ2v) is 3.98. The van der Waals surface area contributed by atoms with E-state index in [1.54, 1.807) is 7.11 Å². The number of amides is 1. The first-order valence-corrected chi connectivity index (χ1v) is 5.89. The number of rotatable bonds is 10. The number of hydrogen-bond donors (Lipinski definition) is 2. The molecule has 1 aliphatic rings. The van der Waals surface area contributed by atoms with Crippen LogP contribution in [0.3, 0.4) is 0 Å². The Bertz CT molecular complexity index is 196. The summed E-state index contributed by atoms with van der Waals surface area (Å²) in [6.07, 6.45) is 3.18. The Kier molecular flexibility index (Phi) is 7.12. The minimum Gasteiger partial charge on any atom is -0.385 e. The van der Waals surface area contributed by atoms with E-state index in [2.05, 4.69) is 10.6 Å². The number of nitrogens with one attached hydrogen (secondary N) is 2. The molecule has 0 bridgehead atoms. The Morgan fingerprint density at radius 2 is 2.12 bits per heavy atom. The van der Waals surface area contributed by atoms with Crippen LogP contribution in [0.15, 0.2) is 0 Å². The molecule has 0 aromatic rings. The molecule has 2 N–H and O–H groups in total. The molecular weight excluding hydrogens is 208 g/mol. The minimum atomic E-state index is 0.0851. The van der Waals surface area contributed by atoms with Crippen molar-refractivity contribution in [3.8, 4) is 0 Å². The molecule has 1 rings (SSSR count). The fourth-order valence-corrected chi connectivity index (χ4v) is 1.26. The molecule has 5 heteroatoms. The summed E-state index contributed by atoms with van der Waals surface area (Å²) in [5.41, 5.74) is 0. The van der Waals surface area contributed by atoms with E-state index in [-0.39, 0.29) is 5.91 Å². The maximum absolute atomic E-state index is 11.2. The summed E-state index contributed by atoms with van der Waals surface area (Å²) in [5, 5.41) is 5.95. The molecule has 0 atom stereocenters. The molecule has 0 aromatic carbocycles. The zero-order valence-corrected chi connectivity index (χ0v) is 9.96. The van der Waals surface area contributed by atoms with Crippen molar-refractivity contribution < 1.29 is 14.3 Å². The summed E-state index contributed by atoms with van der Waals surface area (Å²) in [6, 6.07) is 0.444. The van der Waals surface area contributed by atoms with Crippen molar-refractivity contribution in [3.05, 3.63) is 0 Å². The van der Waals surface area contributed by atoms with Gasteiger partial charge in [-0.1, -0.05) is 0 Å². The third-order valence-electron chi connectivity index (χ3n) is 2.29. The first-order chi connectivity index (χ1) is 7.83. The van der Waals surface area contributed by atoms with Gasteiger partial charge in [-0.05, 0) is 19.3 Å². The number of carbonyl (C=O) groups is 1. The number of methoxy groups -OCH3 is 1. The Hall–Kier alpha value is -0.650. The minimum absolute atomic E-state index is 0.0851. The van der Waals surface area contributed by atoms with Gasteiger partial charge in [0.1, 0.15) is 0 Å². The molecule has 0 saturated heterocycles. The predicted octanol–water partition coefficient (Wildman–Crippen LogP) is -0.0923. The van der Waals surface area contributed by atoms with Crippen LogP contribution < -0.4 is 10.6 Å². The van der Waals surface area contributed by atoms with E-state index in [4.69, 9.17) is 9.47 Å². The SMILES string of the molecule is COCCCOCCNCC(=O)NC1CC1. The molecule has 1 amide bonds. The second kappa shape index (κ2) is 8.50. The van der Waals surface area contributed by atoms with Crippen molar-refractivity contribution >= 4 is 5.91 Å². The maximum Gasteiger partial charge on any atom is 0.234 e. The standard InChI is InChI=1S/C11H22N2O3/c1-15-6-2-7-16-8-5-12-9-11(14)13-10-3-4-10/h10,12H,2-9H2,1H3,(H,13,14). The first kappa shape index (κ1) is 13.4. The molecule has 1 aliphatic carbocycles. The highest BCUT2D eigenvalue weighted by Crippen LogP contribution is 2.17. The van der Waals surface area contributed by atoms with E-state index in [1.807, 2.05) is 0 Å². The van der Waals surface area contributed by atoms with Crippen molar-refractivity contribution in [2.45, 2.75) is 25.3 Å².